The van der Waals surface area contributed by atoms with Gasteiger partial charge in [0, 0.05) is 11.3 Å². The number of nitrogens with zero attached hydrogens (tertiary/aromatic N) is 3. The van der Waals surface area contributed by atoms with Crippen LogP contribution in [0.2, 0.25) is 5.02 Å². The second-order valence-corrected chi connectivity index (χ2v) is 7.44. The normalized spacial score (nSPS) is 11.5. The summed E-state index contributed by atoms with van der Waals surface area (Å²) in [4.78, 5) is 1.20. The van der Waals surface area contributed by atoms with Gasteiger partial charge in [-0.05, 0) is 61.3 Å². The maximum absolute atomic E-state index is 6.26. The number of aromatic nitrogens is 3. The van der Waals surface area contributed by atoms with E-state index in [1.165, 1.54) is 4.88 Å². The van der Waals surface area contributed by atoms with Gasteiger partial charge < -0.3 is 4.74 Å². The van der Waals surface area contributed by atoms with Gasteiger partial charge in [-0.2, -0.15) is 14.9 Å². The highest BCUT2D eigenvalue weighted by atomic mass is 35.5. The molecule has 0 amide bonds. The topological polar surface area (TPSA) is 55.2 Å². The Morgan fingerprint density at radius 1 is 1.44 bits per heavy atom. The van der Waals surface area contributed by atoms with Crippen LogP contribution < -0.4 is 4.74 Å². The molecule has 3 rings (SSSR count). The van der Waals surface area contributed by atoms with Crippen molar-refractivity contribution in [2.45, 2.75) is 26.4 Å². The first-order valence-electron chi connectivity index (χ1n) is 7.72. The van der Waals surface area contributed by atoms with Gasteiger partial charge in [0.1, 0.15) is 5.75 Å². The number of H-pyrrole nitrogens is 1. The predicted molar refractivity (Wildman–Crippen MR) is 105 cm³/mol. The third kappa shape index (κ3) is 4.56. The van der Waals surface area contributed by atoms with E-state index in [1.54, 1.807) is 22.2 Å². The number of ether oxygens (including phenoxy) is 1. The van der Waals surface area contributed by atoms with Gasteiger partial charge in [-0.3, -0.25) is 5.10 Å². The van der Waals surface area contributed by atoms with E-state index in [0.29, 0.717) is 22.0 Å². The van der Waals surface area contributed by atoms with E-state index in [2.05, 4.69) is 21.4 Å². The molecule has 1 aromatic carbocycles. The van der Waals surface area contributed by atoms with Crippen molar-refractivity contribution in [3.8, 4) is 5.75 Å². The molecule has 0 saturated heterocycles. The van der Waals surface area contributed by atoms with Crippen LogP contribution in [0.3, 0.4) is 0 Å². The van der Waals surface area contributed by atoms with E-state index < -0.39 is 0 Å². The smallest absolute Gasteiger partial charge is 0.216 e. The first-order valence-corrected chi connectivity index (χ1v) is 9.39. The standard InChI is InChI=1S/C17H17ClN4OS2/c1-11(2)23-15-6-5-12(8-14(15)18)10-19-22-16(20-21-17(22)24)9-13-4-3-7-25-13/h3-8,10-11H,9H2,1-2H3,(H,21,24)/b19-10-. The number of halogens is 1. The summed E-state index contributed by atoms with van der Waals surface area (Å²) in [5, 5.41) is 14.1. The lowest BCUT2D eigenvalue weighted by atomic mass is 10.2. The van der Waals surface area contributed by atoms with Crippen LogP contribution in [0, 0.1) is 4.77 Å². The summed E-state index contributed by atoms with van der Waals surface area (Å²) in [6, 6.07) is 9.62. The lowest BCUT2D eigenvalue weighted by molar-refractivity contribution is 0.242. The summed E-state index contributed by atoms with van der Waals surface area (Å²) >= 11 is 13.2. The van der Waals surface area contributed by atoms with E-state index in [0.717, 1.165) is 11.4 Å². The average Bonchev–Trinajstić information content (AvgIpc) is 3.19. The van der Waals surface area contributed by atoms with Gasteiger partial charge in [0.25, 0.3) is 0 Å². The fourth-order valence-electron chi connectivity index (χ4n) is 2.20. The van der Waals surface area contributed by atoms with Crippen LogP contribution in [-0.2, 0) is 6.42 Å². The molecule has 1 N–H and O–H groups in total. The van der Waals surface area contributed by atoms with Crippen LogP contribution in [0.1, 0.15) is 30.1 Å². The monoisotopic (exact) mass is 392 g/mol. The molecule has 5 nitrogen and oxygen atoms in total. The second kappa shape index (κ2) is 7.95. The number of benzene rings is 1. The van der Waals surface area contributed by atoms with E-state index in [4.69, 9.17) is 28.6 Å². The molecule has 2 aromatic heterocycles. The van der Waals surface area contributed by atoms with Crippen molar-refractivity contribution < 1.29 is 4.74 Å². The molecule has 0 aliphatic heterocycles. The molecule has 0 unspecified atom stereocenters. The van der Waals surface area contributed by atoms with Crippen molar-refractivity contribution in [2.24, 2.45) is 5.10 Å². The molecule has 0 bridgehead atoms. The van der Waals surface area contributed by atoms with Gasteiger partial charge in [0.2, 0.25) is 4.77 Å². The van der Waals surface area contributed by atoms with Gasteiger partial charge in [-0.1, -0.05) is 17.7 Å². The van der Waals surface area contributed by atoms with Gasteiger partial charge in [0.05, 0.1) is 17.3 Å². The summed E-state index contributed by atoms with van der Waals surface area (Å²) in [5.41, 5.74) is 0.853. The predicted octanol–water partition coefficient (Wildman–Crippen LogP) is 4.92. The Morgan fingerprint density at radius 2 is 2.28 bits per heavy atom. The van der Waals surface area contributed by atoms with Crippen LogP contribution in [0.15, 0.2) is 40.8 Å². The van der Waals surface area contributed by atoms with Crippen LogP contribution >= 0.6 is 35.2 Å². The van der Waals surface area contributed by atoms with Crippen LogP contribution in [0.4, 0.5) is 0 Å². The number of nitrogens with one attached hydrogen (secondary N) is 1. The minimum Gasteiger partial charge on any atom is -0.489 e. The highest BCUT2D eigenvalue weighted by Gasteiger charge is 2.08. The lowest BCUT2D eigenvalue weighted by Crippen LogP contribution is -2.06. The highest BCUT2D eigenvalue weighted by molar-refractivity contribution is 7.71. The lowest BCUT2D eigenvalue weighted by Gasteiger charge is -2.11. The molecule has 0 saturated carbocycles. The Hall–Kier alpha value is -1.96. The zero-order chi connectivity index (χ0) is 17.8. The summed E-state index contributed by atoms with van der Waals surface area (Å²) < 4.78 is 7.71. The summed E-state index contributed by atoms with van der Waals surface area (Å²) in [7, 11) is 0. The van der Waals surface area contributed by atoms with Crippen molar-refractivity contribution >= 4 is 41.4 Å². The largest absolute Gasteiger partial charge is 0.489 e. The van der Waals surface area contributed by atoms with E-state index in [9.17, 15) is 0 Å². The van der Waals surface area contributed by atoms with Gasteiger partial charge in [0.15, 0.2) is 5.82 Å². The van der Waals surface area contributed by atoms with Gasteiger partial charge in [-0.25, -0.2) is 0 Å². The second-order valence-electron chi connectivity index (χ2n) is 5.61. The summed E-state index contributed by atoms with van der Waals surface area (Å²) in [6.45, 7) is 3.92. The minimum absolute atomic E-state index is 0.0705. The summed E-state index contributed by atoms with van der Waals surface area (Å²) in [5.74, 6) is 1.42. The number of hydrogen-bond acceptors (Lipinski definition) is 5. The Morgan fingerprint density at radius 3 is 2.96 bits per heavy atom. The third-order valence-electron chi connectivity index (χ3n) is 3.27. The number of hydrogen-bond donors (Lipinski definition) is 1. The molecule has 130 valence electrons. The van der Waals surface area contributed by atoms with Crippen molar-refractivity contribution in [1.29, 1.82) is 0 Å². The quantitative estimate of drug-likeness (QED) is 0.478. The van der Waals surface area contributed by atoms with Gasteiger partial charge >= 0.3 is 0 Å². The maximum atomic E-state index is 6.26. The van der Waals surface area contributed by atoms with Crippen LogP contribution in [-0.4, -0.2) is 27.2 Å². The Balaban J connectivity index is 1.81. The van der Waals surface area contributed by atoms with E-state index >= 15 is 0 Å². The Labute approximate surface area is 159 Å². The molecule has 8 heteroatoms. The molecule has 0 fully saturated rings. The Bertz CT molecular complexity index is 929. The van der Waals surface area contributed by atoms with Crippen molar-refractivity contribution in [3.05, 3.63) is 61.8 Å². The Kier molecular flexibility index (Phi) is 5.67. The fraction of sp³-hybridized carbons (Fsp3) is 0.235. The highest BCUT2D eigenvalue weighted by Crippen LogP contribution is 2.26. The molecule has 0 aliphatic carbocycles. The molecule has 3 aromatic rings. The number of aromatic amines is 1. The SMILES string of the molecule is CC(C)Oc1ccc(/C=N\n2c(Cc3cccs3)n[nH]c2=S)cc1Cl. The van der Waals surface area contributed by atoms with E-state index in [1.807, 2.05) is 43.5 Å². The van der Waals surface area contributed by atoms with Crippen LogP contribution in [0.5, 0.6) is 5.75 Å². The molecule has 0 spiro atoms. The molecular formula is C17H17ClN4OS2. The van der Waals surface area contributed by atoms with Crippen molar-refractivity contribution in [1.82, 2.24) is 14.9 Å². The summed E-state index contributed by atoms with van der Waals surface area (Å²) in [6.07, 6.45) is 2.44. The molecule has 0 radical (unpaired) electrons. The minimum atomic E-state index is 0.0705. The number of thiophene rings is 1. The van der Waals surface area contributed by atoms with Crippen molar-refractivity contribution in [3.63, 3.8) is 0 Å². The zero-order valence-corrected chi connectivity index (χ0v) is 16.2. The third-order valence-corrected chi connectivity index (χ3v) is 4.71. The maximum Gasteiger partial charge on any atom is 0.216 e. The molecule has 0 aliphatic rings. The van der Waals surface area contributed by atoms with E-state index in [-0.39, 0.29) is 6.10 Å². The molecule has 25 heavy (non-hydrogen) atoms. The van der Waals surface area contributed by atoms with Crippen LogP contribution in [0.25, 0.3) is 0 Å². The molecule has 0 atom stereocenters. The molecular weight excluding hydrogens is 376 g/mol. The molecule has 2 heterocycles. The van der Waals surface area contributed by atoms with Gasteiger partial charge in [-0.15, -0.1) is 11.3 Å². The average molecular weight is 393 g/mol. The number of rotatable bonds is 6. The van der Waals surface area contributed by atoms with Crippen molar-refractivity contribution in [2.75, 3.05) is 0 Å². The first-order chi connectivity index (χ1) is 12.0. The fourth-order valence-corrected chi connectivity index (χ4v) is 3.33. The first kappa shape index (κ1) is 17.8. The zero-order valence-electron chi connectivity index (χ0n) is 13.8.